The van der Waals surface area contributed by atoms with Crippen LogP contribution in [-0.2, 0) is 10.0 Å². The summed E-state index contributed by atoms with van der Waals surface area (Å²) in [6.45, 7) is 6.43. The Morgan fingerprint density at radius 1 is 1.18 bits per heavy atom. The summed E-state index contributed by atoms with van der Waals surface area (Å²) < 4.78 is 26.4. The van der Waals surface area contributed by atoms with Crippen LogP contribution in [0.15, 0.2) is 35.2 Å². The Morgan fingerprint density at radius 3 is 2.24 bits per heavy atom. The Morgan fingerprint density at radius 2 is 1.76 bits per heavy atom. The zero-order valence-electron chi connectivity index (χ0n) is 10.8. The van der Waals surface area contributed by atoms with Gasteiger partial charge in [0, 0.05) is 12.6 Å². The largest absolute Gasteiger partial charge is 0.243 e. The van der Waals surface area contributed by atoms with Gasteiger partial charge >= 0.3 is 0 Å². The van der Waals surface area contributed by atoms with Crippen LogP contribution in [0.4, 0.5) is 0 Å². The lowest BCUT2D eigenvalue weighted by atomic mass is 10.2. The van der Waals surface area contributed by atoms with Gasteiger partial charge in [-0.05, 0) is 25.5 Å². The van der Waals surface area contributed by atoms with Gasteiger partial charge in [-0.1, -0.05) is 38.5 Å². The summed E-state index contributed by atoms with van der Waals surface area (Å²) in [5.41, 5.74) is 0. The SMILES string of the molecule is CCCC(C)N(CC)S(=O)(=O)c1ccccc1. The third-order valence-corrected chi connectivity index (χ3v) is 4.96. The molecule has 0 radical (unpaired) electrons. The Kier molecular flexibility index (Phi) is 5.15. The molecule has 0 aliphatic rings. The zero-order valence-corrected chi connectivity index (χ0v) is 11.6. The molecule has 0 bridgehead atoms. The van der Waals surface area contributed by atoms with Crippen LogP contribution in [0.2, 0.25) is 0 Å². The minimum atomic E-state index is -3.34. The monoisotopic (exact) mass is 255 g/mol. The second-order valence-electron chi connectivity index (χ2n) is 4.16. The summed E-state index contributed by atoms with van der Waals surface area (Å²) in [5.74, 6) is 0. The smallest absolute Gasteiger partial charge is 0.207 e. The molecule has 0 amide bonds. The van der Waals surface area contributed by atoms with Gasteiger partial charge in [0.1, 0.15) is 0 Å². The second-order valence-corrected chi connectivity index (χ2v) is 6.05. The van der Waals surface area contributed by atoms with Crippen molar-refractivity contribution in [2.45, 2.75) is 44.6 Å². The lowest BCUT2D eigenvalue weighted by molar-refractivity contribution is 0.332. The summed E-state index contributed by atoms with van der Waals surface area (Å²) in [7, 11) is -3.34. The van der Waals surface area contributed by atoms with E-state index in [4.69, 9.17) is 0 Å². The molecule has 0 heterocycles. The molecule has 0 aliphatic heterocycles. The Hall–Kier alpha value is -0.870. The molecular weight excluding hydrogens is 234 g/mol. The predicted molar refractivity (Wildman–Crippen MR) is 70.4 cm³/mol. The quantitative estimate of drug-likeness (QED) is 0.784. The highest BCUT2D eigenvalue weighted by atomic mass is 32.2. The van der Waals surface area contributed by atoms with E-state index in [2.05, 4.69) is 6.92 Å². The fourth-order valence-corrected chi connectivity index (χ4v) is 3.70. The molecule has 0 saturated heterocycles. The van der Waals surface area contributed by atoms with Crippen LogP contribution in [0.1, 0.15) is 33.6 Å². The number of benzene rings is 1. The molecule has 0 saturated carbocycles. The van der Waals surface area contributed by atoms with E-state index in [-0.39, 0.29) is 6.04 Å². The van der Waals surface area contributed by atoms with Crippen molar-refractivity contribution in [1.29, 1.82) is 0 Å². The Bertz CT molecular complexity index is 428. The maximum atomic E-state index is 12.4. The first-order valence-electron chi connectivity index (χ1n) is 6.10. The standard InChI is InChI=1S/C13H21NO2S/c1-4-9-12(3)14(5-2)17(15,16)13-10-7-6-8-11-13/h6-8,10-12H,4-5,9H2,1-3H3. The topological polar surface area (TPSA) is 37.4 Å². The fraction of sp³-hybridized carbons (Fsp3) is 0.538. The van der Waals surface area contributed by atoms with Crippen LogP contribution >= 0.6 is 0 Å². The van der Waals surface area contributed by atoms with E-state index in [0.29, 0.717) is 11.4 Å². The molecule has 96 valence electrons. The number of hydrogen-bond donors (Lipinski definition) is 0. The van der Waals surface area contributed by atoms with E-state index in [0.717, 1.165) is 12.8 Å². The van der Waals surface area contributed by atoms with E-state index >= 15 is 0 Å². The van der Waals surface area contributed by atoms with E-state index < -0.39 is 10.0 Å². The molecular formula is C13H21NO2S. The first-order valence-corrected chi connectivity index (χ1v) is 7.55. The average Bonchev–Trinajstić information content (AvgIpc) is 2.31. The van der Waals surface area contributed by atoms with Crippen molar-refractivity contribution in [3.63, 3.8) is 0 Å². The van der Waals surface area contributed by atoms with Gasteiger partial charge in [-0.2, -0.15) is 4.31 Å². The molecule has 1 atom stereocenters. The molecule has 1 aromatic carbocycles. The van der Waals surface area contributed by atoms with Gasteiger partial charge in [-0.25, -0.2) is 8.42 Å². The van der Waals surface area contributed by atoms with Gasteiger partial charge in [0.05, 0.1) is 4.90 Å². The van der Waals surface area contributed by atoms with Crippen molar-refractivity contribution in [2.75, 3.05) is 6.54 Å². The van der Waals surface area contributed by atoms with Crippen molar-refractivity contribution in [3.8, 4) is 0 Å². The van der Waals surface area contributed by atoms with E-state index in [1.54, 1.807) is 28.6 Å². The highest BCUT2D eigenvalue weighted by molar-refractivity contribution is 7.89. The summed E-state index contributed by atoms with van der Waals surface area (Å²) in [6, 6.07) is 8.68. The molecule has 0 N–H and O–H groups in total. The van der Waals surface area contributed by atoms with Crippen LogP contribution in [0.3, 0.4) is 0 Å². The summed E-state index contributed by atoms with van der Waals surface area (Å²) in [4.78, 5) is 0.379. The molecule has 1 unspecified atom stereocenters. The van der Waals surface area contributed by atoms with E-state index in [1.165, 1.54) is 0 Å². The lowest BCUT2D eigenvalue weighted by Crippen LogP contribution is -2.38. The van der Waals surface area contributed by atoms with Crippen molar-refractivity contribution in [2.24, 2.45) is 0 Å². The first kappa shape index (κ1) is 14.2. The summed E-state index contributed by atoms with van der Waals surface area (Å²) >= 11 is 0. The minimum Gasteiger partial charge on any atom is -0.207 e. The molecule has 3 nitrogen and oxygen atoms in total. The van der Waals surface area contributed by atoms with E-state index in [9.17, 15) is 8.42 Å². The molecule has 0 spiro atoms. The highest BCUT2D eigenvalue weighted by Crippen LogP contribution is 2.19. The maximum absolute atomic E-state index is 12.4. The third kappa shape index (κ3) is 3.30. The minimum absolute atomic E-state index is 0.0511. The van der Waals surface area contributed by atoms with Gasteiger partial charge in [-0.3, -0.25) is 0 Å². The normalized spacial score (nSPS) is 13.9. The van der Waals surface area contributed by atoms with Crippen LogP contribution in [-0.4, -0.2) is 25.3 Å². The molecule has 4 heteroatoms. The number of sulfonamides is 1. The molecule has 17 heavy (non-hydrogen) atoms. The Labute approximate surface area is 105 Å². The summed E-state index contributed by atoms with van der Waals surface area (Å²) in [6.07, 6.45) is 1.88. The predicted octanol–water partition coefficient (Wildman–Crippen LogP) is 2.89. The van der Waals surface area contributed by atoms with Crippen LogP contribution in [0, 0.1) is 0 Å². The van der Waals surface area contributed by atoms with Crippen LogP contribution < -0.4 is 0 Å². The number of hydrogen-bond acceptors (Lipinski definition) is 2. The summed E-state index contributed by atoms with van der Waals surface area (Å²) in [5, 5.41) is 0. The third-order valence-electron chi connectivity index (χ3n) is 2.86. The molecule has 1 aromatic rings. The fourth-order valence-electron chi connectivity index (χ4n) is 2.01. The van der Waals surface area contributed by atoms with Gasteiger partial charge in [-0.15, -0.1) is 0 Å². The maximum Gasteiger partial charge on any atom is 0.243 e. The van der Waals surface area contributed by atoms with Crippen molar-refractivity contribution in [1.82, 2.24) is 4.31 Å². The lowest BCUT2D eigenvalue weighted by Gasteiger charge is -2.26. The van der Waals surface area contributed by atoms with Crippen molar-refractivity contribution in [3.05, 3.63) is 30.3 Å². The molecule has 0 aromatic heterocycles. The zero-order chi connectivity index (χ0) is 12.9. The van der Waals surface area contributed by atoms with Gasteiger partial charge in [0.2, 0.25) is 10.0 Å². The molecule has 1 rings (SSSR count). The van der Waals surface area contributed by atoms with E-state index in [1.807, 2.05) is 19.9 Å². The van der Waals surface area contributed by atoms with Crippen LogP contribution in [0.25, 0.3) is 0 Å². The molecule has 0 aliphatic carbocycles. The first-order chi connectivity index (χ1) is 8.04. The number of rotatable bonds is 6. The van der Waals surface area contributed by atoms with Crippen molar-refractivity contribution >= 4 is 10.0 Å². The average molecular weight is 255 g/mol. The second kappa shape index (κ2) is 6.17. The molecule has 0 fully saturated rings. The number of nitrogens with zero attached hydrogens (tertiary/aromatic N) is 1. The van der Waals surface area contributed by atoms with Crippen molar-refractivity contribution < 1.29 is 8.42 Å². The van der Waals surface area contributed by atoms with Gasteiger partial charge < -0.3 is 0 Å². The van der Waals surface area contributed by atoms with Crippen LogP contribution in [0.5, 0.6) is 0 Å². The Balaban J connectivity index is 3.03. The van der Waals surface area contributed by atoms with Gasteiger partial charge in [0.15, 0.2) is 0 Å². The van der Waals surface area contributed by atoms with Gasteiger partial charge in [0.25, 0.3) is 0 Å². The highest BCUT2D eigenvalue weighted by Gasteiger charge is 2.26.